The lowest BCUT2D eigenvalue weighted by Gasteiger charge is -2.11. The van der Waals surface area contributed by atoms with E-state index in [0.717, 1.165) is 11.8 Å². The van der Waals surface area contributed by atoms with Gasteiger partial charge in [-0.25, -0.2) is 8.42 Å². The molecule has 5 nitrogen and oxygen atoms in total. The zero-order valence-corrected chi connectivity index (χ0v) is 11.1. The third kappa shape index (κ3) is 5.79. The lowest BCUT2D eigenvalue weighted by Crippen LogP contribution is -2.41. The average molecular weight is 270 g/mol. The maximum absolute atomic E-state index is 11.6. The number of sulfone groups is 1. The molecule has 0 spiro atoms. The number of rotatable bonds is 6. The largest absolute Gasteiger partial charge is 0.351 e. The third-order valence-electron chi connectivity index (χ3n) is 2.45. The molecule has 1 aromatic rings. The Morgan fingerprint density at radius 2 is 1.94 bits per heavy atom. The van der Waals surface area contributed by atoms with Gasteiger partial charge in [-0.05, 0) is 12.0 Å². The molecule has 3 N–H and O–H groups in total. The average Bonchev–Trinajstić information content (AvgIpc) is 2.33. The monoisotopic (exact) mass is 270 g/mol. The zero-order chi connectivity index (χ0) is 13.6. The lowest BCUT2D eigenvalue weighted by molar-refractivity contribution is -0.122. The van der Waals surface area contributed by atoms with Crippen LogP contribution in [0.4, 0.5) is 0 Å². The highest BCUT2D eigenvalue weighted by Gasteiger charge is 2.15. The Balaban J connectivity index is 2.37. The molecule has 0 aromatic heterocycles. The summed E-state index contributed by atoms with van der Waals surface area (Å²) in [6, 6.07) is 8.65. The molecule has 1 unspecified atom stereocenters. The normalized spacial score (nSPS) is 13.0. The summed E-state index contributed by atoms with van der Waals surface area (Å²) in [6.07, 6.45) is 1.26. The van der Waals surface area contributed by atoms with Crippen LogP contribution < -0.4 is 11.1 Å². The van der Waals surface area contributed by atoms with Crippen LogP contribution in [0.25, 0.3) is 0 Å². The predicted molar refractivity (Wildman–Crippen MR) is 70.6 cm³/mol. The number of hydrogen-bond acceptors (Lipinski definition) is 4. The van der Waals surface area contributed by atoms with Gasteiger partial charge in [-0.2, -0.15) is 0 Å². The van der Waals surface area contributed by atoms with Gasteiger partial charge in [-0.1, -0.05) is 30.3 Å². The summed E-state index contributed by atoms with van der Waals surface area (Å²) in [4.78, 5) is 11.6. The Kier molecular flexibility index (Phi) is 5.30. The van der Waals surface area contributed by atoms with Crippen molar-refractivity contribution in [2.24, 2.45) is 5.73 Å². The first-order valence-corrected chi connectivity index (χ1v) is 7.69. The number of amides is 1. The zero-order valence-electron chi connectivity index (χ0n) is 10.3. The first kappa shape index (κ1) is 14.7. The molecule has 100 valence electrons. The van der Waals surface area contributed by atoms with Gasteiger partial charge in [-0.15, -0.1) is 0 Å². The van der Waals surface area contributed by atoms with Gasteiger partial charge in [0.25, 0.3) is 0 Å². The first-order chi connectivity index (χ1) is 8.38. The van der Waals surface area contributed by atoms with E-state index in [1.165, 1.54) is 0 Å². The van der Waals surface area contributed by atoms with Gasteiger partial charge in [0.15, 0.2) is 0 Å². The number of nitrogens with one attached hydrogen (secondary N) is 1. The maximum atomic E-state index is 11.6. The molecule has 18 heavy (non-hydrogen) atoms. The van der Waals surface area contributed by atoms with Crippen LogP contribution in [-0.4, -0.2) is 32.4 Å². The van der Waals surface area contributed by atoms with E-state index in [1.54, 1.807) is 0 Å². The molecule has 0 radical (unpaired) electrons. The standard InChI is InChI=1S/C12H18N2O3S/c1-18(16,17)8-7-11(13)12(15)14-9-10-5-3-2-4-6-10/h2-6,11H,7-9,13H2,1H3,(H,14,15). The molecule has 0 aliphatic carbocycles. The van der Waals surface area contributed by atoms with Crippen molar-refractivity contribution in [2.75, 3.05) is 12.0 Å². The van der Waals surface area contributed by atoms with E-state index < -0.39 is 15.9 Å². The van der Waals surface area contributed by atoms with Crippen molar-refractivity contribution >= 4 is 15.7 Å². The Morgan fingerprint density at radius 3 is 2.50 bits per heavy atom. The van der Waals surface area contributed by atoms with Crippen molar-refractivity contribution in [1.82, 2.24) is 5.32 Å². The van der Waals surface area contributed by atoms with Crippen LogP contribution in [0.1, 0.15) is 12.0 Å². The molecule has 6 heteroatoms. The summed E-state index contributed by atoms with van der Waals surface area (Å²) in [5.41, 5.74) is 6.59. The molecule has 0 aliphatic heterocycles. The molecule has 0 bridgehead atoms. The second-order valence-electron chi connectivity index (χ2n) is 4.23. The van der Waals surface area contributed by atoms with Crippen molar-refractivity contribution in [3.63, 3.8) is 0 Å². The fourth-order valence-electron chi connectivity index (χ4n) is 1.39. The highest BCUT2D eigenvalue weighted by Crippen LogP contribution is 1.99. The van der Waals surface area contributed by atoms with Crippen LogP contribution in [0, 0.1) is 0 Å². The Morgan fingerprint density at radius 1 is 1.33 bits per heavy atom. The Bertz CT molecular complexity index is 485. The van der Waals surface area contributed by atoms with Gasteiger partial charge in [0.05, 0.1) is 11.8 Å². The topological polar surface area (TPSA) is 89.3 Å². The summed E-state index contributed by atoms with van der Waals surface area (Å²) in [5, 5.41) is 2.68. The van der Waals surface area contributed by atoms with Crippen molar-refractivity contribution in [1.29, 1.82) is 0 Å². The summed E-state index contributed by atoms with van der Waals surface area (Å²) >= 11 is 0. The summed E-state index contributed by atoms with van der Waals surface area (Å²) in [7, 11) is -3.08. The van der Waals surface area contributed by atoms with Gasteiger partial charge in [-0.3, -0.25) is 4.79 Å². The second-order valence-corrected chi connectivity index (χ2v) is 6.49. The van der Waals surface area contributed by atoms with Gasteiger partial charge in [0, 0.05) is 12.8 Å². The SMILES string of the molecule is CS(=O)(=O)CCC(N)C(=O)NCc1ccccc1. The number of benzene rings is 1. The fourth-order valence-corrected chi connectivity index (χ4v) is 2.07. The molecule has 0 aliphatic rings. The van der Waals surface area contributed by atoms with Crippen LogP contribution in [0.5, 0.6) is 0 Å². The molecule has 0 heterocycles. The number of carbonyl (C=O) groups is 1. The van der Waals surface area contributed by atoms with E-state index in [9.17, 15) is 13.2 Å². The number of carbonyl (C=O) groups excluding carboxylic acids is 1. The number of hydrogen-bond donors (Lipinski definition) is 2. The van der Waals surface area contributed by atoms with Crippen molar-refractivity contribution in [3.05, 3.63) is 35.9 Å². The second kappa shape index (κ2) is 6.51. The van der Waals surface area contributed by atoms with Crippen LogP contribution in [0.3, 0.4) is 0 Å². The molecule has 0 saturated heterocycles. The molecular formula is C12H18N2O3S. The minimum atomic E-state index is -3.08. The smallest absolute Gasteiger partial charge is 0.237 e. The quantitative estimate of drug-likeness (QED) is 0.765. The minimum Gasteiger partial charge on any atom is -0.351 e. The molecule has 1 atom stereocenters. The molecular weight excluding hydrogens is 252 g/mol. The molecule has 0 fully saturated rings. The van der Waals surface area contributed by atoms with E-state index in [4.69, 9.17) is 5.73 Å². The Hall–Kier alpha value is -1.40. The molecule has 0 saturated carbocycles. The van der Waals surface area contributed by atoms with Gasteiger partial charge in [0.1, 0.15) is 9.84 Å². The van der Waals surface area contributed by atoms with E-state index in [1.807, 2.05) is 30.3 Å². The van der Waals surface area contributed by atoms with Crippen LogP contribution in [-0.2, 0) is 21.2 Å². The fraction of sp³-hybridized carbons (Fsp3) is 0.417. The first-order valence-electron chi connectivity index (χ1n) is 5.63. The minimum absolute atomic E-state index is 0.0765. The highest BCUT2D eigenvalue weighted by molar-refractivity contribution is 7.90. The van der Waals surface area contributed by atoms with Crippen molar-refractivity contribution in [2.45, 2.75) is 19.0 Å². The van der Waals surface area contributed by atoms with Crippen LogP contribution in [0.2, 0.25) is 0 Å². The lowest BCUT2D eigenvalue weighted by atomic mass is 10.2. The number of nitrogens with two attached hydrogens (primary N) is 1. The van der Waals surface area contributed by atoms with E-state index in [-0.39, 0.29) is 18.1 Å². The highest BCUT2D eigenvalue weighted by atomic mass is 32.2. The van der Waals surface area contributed by atoms with E-state index in [2.05, 4.69) is 5.32 Å². The predicted octanol–water partition coefficient (Wildman–Crippen LogP) is 0.0648. The molecule has 1 rings (SSSR count). The van der Waals surface area contributed by atoms with Crippen molar-refractivity contribution in [3.8, 4) is 0 Å². The van der Waals surface area contributed by atoms with E-state index in [0.29, 0.717) is 6.54 Å². The van der Waals surface area contributed by atoms with Gasteiger partial charge >= 0.3 is 0 Å². The molecule has 1 amide bonds. The maximum Gasteiger partial charge on any atom is 0.237 e. The van der Waals surface area contributed by atoms with Crippen LogP contribution in [0.15, 0.2) is 30.3 Å². The molecule has 1 aromatic carbocycles. The van der Waals surface area contributed by atoms with Gasteiger partial charge in [0.2, 0.25) is 5.91 Å². The van der Waals surface area contributed by atoms with Gasteiger partial charge < -0.3 is 11.1 Å². The summed E-state index contributed by atoms with van der Waals surface area (Å²) in [5.74, 6) is -0.407. The van der Waals surface area contributed by atoms with Crippen LogP contribution >= 0.6 is 0 Å². The summed E-state index contributed by atoms with van der Waals surface area (Å²) < 4.78 is 21.9. The van der Waals surface area contributed by atoms with E-state index >= 15 is 0 Å². The summed E-state index contributed by atoms with van der Waals surface area (Å²) in [6.45, 7) is 0.395. The van der Waals surface area contributed by atoms with Crippen molar-refractivity contribution < 1.29 is 13.2 Å². The third-order valence-corrected chi connectivity index (χ3v) is 3.42. The Labute approximate surface area is 107 Å².